The van der Waals surface area contributed by atoms with Crippen LogP contribution >= 0.6 is 11.8 Å². The first kappa shape index (κ1) is 21.7. The Morgan fingerprint density at radius 3 is 2.45 bits per heavy atom. The van der Waals surface area contributed by atoms with Gasteiger partial charge in [-0.3, -0.25) is 4.79 Å². The number of esters is 1. The van der Waals surface area contributed by atoms with Gasteiger partial charge in [0.25, 0.3) is 0 Å². The lowest BCUT2D eigenvalue weighted by Crippen LogP contribution is -2.42. The van der Waals surface area contributed by atoms with Gasteiger partial charge in [-0.05, 0) is 61.1 Å². The number of thioether (sulfide) groups is 1. The van der Waals surface area contributed by atoms with E-state index in [1.807, 2.05) is 30.5 Å². The van der Waals surface area contributed by atoms with E-state index in [4.69, 9.17) is 9.47 Å². The molecule has 1 heterocycles. The van der Waals surface area contributed by atoms with Crippen LogP contribution in [-0.4, -0.2) is 45.1 Å². The van der Waals surface area contributed by atoms with Crippen molar-refractivity contribution in [2.24, 2.45) is 5.92 Å². The molecule has 3 rings (SSSR count). The highest BCUT2D eigenvalue weighted by Gasteiger charge is 2.34. The van der Waals surface area contributed by atoms with Gasteiger partial charge in [0.05, 0.1) is 17.9 Å². The van der Waals surface area contributed by atoms with Crippen molar-refractivity contribution in [3.05, 3.63) is 54.1 Å². The second-order valence-corrected chi connectivity index (χ2v) is 9.65. The van der Waals surface area contributed by atoms with E-state index in [9.17, 15) is 13.2 Å². The number of carbonyl (C=O) groups is 1. The molecule has 1 aliphatic heterocycles. The molecule has 1 aliphatic rings. The van der Waals surface area contributed by atoms with Crippen LogP contribution in [0.5, 0.6) is 5.75 Å². The summed E-state index contributed by atoms with van der Waals surface area (Å²) in [4.78, 5) is 13.9. The van der Waals surface area contributed by atoms with E-state index in [-0.39, 0.29) is 24.0 Å². The highest BCUT2D eigenvalue weighted by Crippen LogP contribution is 2.26. The standard InChI is InChI=1S/C21H25NO5S2/c1-26-18-7-11-20(12-8-18)29(24,25)22-13-3-4-17(14-22)21(23)27-15-16-5-9-19(28-2)10-6-16/h5-12,17H,3-4,13-15H2,1-2H3. The lowest BCUT2D eigenvalue weighted by atomic mass is 10.00. The quantitative estimate of drug-likeness (QED) is 0.489. The molecule has 0 spiro atoms. The number of sulfonamides is 1. The molecule has 2 aromatic rings. The fourth-order valence-corrected chi connectivity index (χ4v) is 5.18. The number of carbonyl (C=O) groups excluding carboxylic acids is 1. The first-order valence-electron chi connectivity index (χ1n) is 9.38. The van der Waals surface area contributed by atoms with Gasteiger partial charge in [0.15, 0.2) is 0 Å². The third kappa shape index (κ3) is 5.32. The van der Waals surface area contributed by atoms with Crippen molar-refractivity contribution in [3.8, 4) is 5.75 Å². The minimum Gasteiger partial charge on any atom is -0.497 e. The molecule has 0 aromatic heterocycles. The van der Waals surface area contributed by atoms with Crippen molar-refractivity contribution in [1.29, 1.82) is 0 Å². The number of methoxy groups -OCH3 is 1. The topological polar surface area (TPSA) is 72.9 Å². The van der Waals surface area contributed by atoms with Crippen LogP contribution in [0.15, 0.2) is 58.3 Å². The normalized spacial score (nSPS) is 17.7. The van der Waals surface area contributed by atoms with E-state index in [1.54, 1.807) is 23.9 Å². The van der Waals surface area contributed by atoms with Gasteiger partial charge in [0.2, 0.25) is 10.0 Å². The third-order valence-electron chi connectivity index (χ3n) is 4.95. The highest BCUT2D eigenvalue weighted by atomic mass is 32.2. The van der Waals surface area contributed by atoms with Crippen LogP contribution in [0.25, 0.3) is 0 Å². The Morgan fingerprint density at radius 1 is 1.14 bits per heavy atom. The molecule has 1 unspecified atom stereocenters. The van der Waals surface area contributed by atoms with Gasteiger partial charge in [-0.1, -0.05) is 12.1 Å². The maximum Gasteiger partial charge on any atom is 0.310 e. The lowest BCUT2D eigenvalue weighted by Gasteiger charge is -2.30. The zero-order valence-corrected chi connectivity index (χ0v) is 18.2. The Hall–Kier alpha value is -2.03. The van der Waals surface area contributed by atoms with Crippen LogP contribution in [0, 0.1) is 5.92 Å². The largest absolute Gasteiger partial charge is 0.497 e. The summed E-state index contributed by atoms with van der Waals surface area (Å²) in [6, 6.07) is 14.1. The fourth-order valence-electron chi connectivity index (χ4n) is 3.24. The second-order valence-electron chi connectivity index (χ2n) is 6.83. The van der Waals surface area contributed by atoms with Gasteiger partial charge in [0, 0.05) is 18.0 Å². The molecule has 2 aromatic carbocycles. The minimum absolute atomic E-state index is 0.138. The Labute approximate surface area is 176 Å². The predicted molar refractivity (Wildman–Crippen MR) is 112 cm³/mol. The summed E-state index contributed by atoms with van der Waals surface area (Å²) in [5.74, 6) is -0.217. The third-order valence-corrected chi connectivity index (χ3v) is 7.58. The maximum absolute atomic E-state index is 12.9. The van der Waals surface area contributed by atoms with Crippen LogP contribution in [0.3, 0.4) is 0 Å². The van der Waals surface area contributed by atoms with Gasteiger partial charge >= 0.3 is 5.97 Å². The molecule has 1 saturated heterocycles. The van der Waals surface area contributed by atoms with Gasteiger partial charge in [0.1, 0.15) is 12.4 Å². The van der Waals surface area contributed by atoms with Crippen molar-refractivity contribution in [2.75, 3.05) is 26.5 Å². The molecule has 0 radical (unpaired) electrons. The minimum atomic E-state index is -3.66. The summed E-state index contributed by atoms with van der Waals surface area (Å²) >= 11 is 1.65. The molecule has 0 saturated carbocycles. The molecule has 0 aliphatic carbocycles. The van der Waals surface area contributed by atoms with Crippen LogP contribution in [0.4, 0.5) is 0 Å². The smallest absolute Gasteiger partial charge is 0.310 e. The summed E-state index contributed by atoms with van der Waals surface area (Å²) < 4.78 is 37.8. The molecule has 0 amide bonds. The van der Waals surface area contributed by atoms with E-state index >= 15 is 0 Å². The van der Waals surface area contributed by atoms with Gasteiger partial charge < -0.3 is 9.47 Å². The van der Waals surface area contributed by atoms with Crippen LogP contribution in [-0.2, 0) is 26.2 Å². The molecule has 8 heteroatoms. The average Bonchev–Trinajstić information content (AvgIpc) is 2.78. The SMILES string of the molecule is COc1ccc(S(=O)(=O)N2CCCC(C(=O)OCc3ccc(SC)cc3)C2)cc1. The Morgan fingerprint density at radius 2 is 1.83 bits per heavy atom. The highest BCUT2D eigenvalue weighted by molar-refractivity contribution is 7.98. The van der Waals surface area contributed by atoms with E-state index in [2.05, 4.69) is 0 Å². The molecule has 0 N–H and O–H groups in total. The predicted octanol–water partition coefficient (Wildman–Crippen LogP) is 3.56. The number of rotatable bonds is 7. The molecule has 156 valence electrons. The maximum atomic E-state index is 12.9. The summed E-state index contributed by atoms with van der Waals surface area (Å²) in [5.41, 5.74) is 0.912. The monoisotopic (exact) mass is 435 g/mol. The number of nitrogens with zero attached hydrogens (tertiary/aromatic N) is 1. The van der Waals surface area contributed by atoms with E-state index < -0.39 is 15.9 Å². The van der Waals surface area contributed by atoms with Crippen molar-refractivity contribution >= 4 is 27.8 Å². The van der Waals surface area contributed by atoms with Crippen LogP contribution in [0.1, 0.15) is 18.4 Å². The Kier molecular flexibility index (Phi) is 7.21. The van der Waals surface area contributed by atoms with Crippen molar-refractivity contribution in [3.63, 3.8) is 0 Å². The number of piperidine rings is 1. The first-order valence-corrected chi connectivity index (χ1v) is 12.0. The van der Waals surface area contributed by atoms with Crippen LogP contribution in [0.2, 0.25) is 0 Å². The molecule has 6 nitrogen and oxygen atoms in total. The molecular weight excluding hydrogens is 410 g/mol. The van der Waals surface area contributed by atoms with Crippen molar-refractivity contribution < 1.29 is 22.7 Å². The van der Waals surface area contributed by atoms with Gasteiger partial charge in [-0.25, -0.2) is 8.42 Å². The van der Waals surface area contributed by atoms with Crippen molar-refractivity contribution in [2.45, 2.75) is 29.2 Å². The zero-order chi connectivity index (χ0) is 20.9. The molecule has 29 heavy (non-hydrogen) atoms. The summed E-state index contributed by atoms with van der Waals surface area (Å²) in [6.45, 7) is 0.724. The van der Waals surface area contributed by atoms with Crippen LogP contribution < -0.4 is 4.74 Å². The van der Waals surface area contributed by atoms with Gasteiger partial charge in [-0.2, -0.15) is 4.31 Å². The molecule has 0 bridgehead atoms. The molecule has 1 atom stereocenters. The lowest BCUT2D eigenvalue weighted by molar-refractivity contribution is -0.151. The number of benzene rings is 2. The number of hydrogen-bond acceptors (Lipinski definition) is 6. The second kappa shape index (κ2) is 9.65. The number of hydrogen-bond donors (Lipinski definition) is 0. The zero-order valence-electron chi connectivity index (χ0n) is 16.5. The Bertz CT molecular complexity index is 927. The van der Waals surface area contributed by atoms with E-state index in [0.29, 0.717) is 25.1 Å². The number of ether oxygens (including phenoxy) is 2. The van der Waals surface area contributed by atoms with E-state index in [0.717, 1.165) is 10.5 Å². The Balaban J connectivity index is 1.61. The fraction of sp³-hybridized carbons (Fsp3) is 0.381. The van der Waals surface area contributed by atoms with Crippen molar-refractivity contribution in [1.82, 2.24) is 4.31 Å². The molecule has 1 fully saturated rings. The van der Waals surface area contributed by atoms with Gasteiger partial charge in [-0.15, -0.1) is 11.8 Å². The summed E-state index contributed by atoms with van der Waals surface area (Å²) in [7, 11) is -2.13. The summed E-state index contributed by atoms with van der Waals surface area (Å²) in [6.07, 6.45) is 3.25. The summed E-state index contributed by atoms with van der Waals surface area (Å²) in [5, 5.41) is 0. The first-order chi connectivity index (χ1) is 13.9. The van der Waals surface area contributed by atoms with E-state index in [1.165, 1.54) is 23.5 Å². The average molecular weight is 436 g/mol. The molecular formula is C21H25NO5S2.